The number of hydrogen-bond acceptors (Lipinski definition) is 5. The number of amides is 2. The first-order valence-electron chi connectivity index (χ1n) is 9.36. The summed E-state index contributed by atoms with van der Waals surface area (Å²) in [4.78, 5) is 27.2. The van der Waals surface area contributed by atoms with Crippen LogP contribution in [0.4, 0.5) is 0 Å². The van der Waals surface area contributed by atoms with E-state index in [0.29, 0.717) is 37.7 Å². The number of nitrogens with zero attached hydrogens (tertiary/aromatic N) is 1. The minimum Gasteiger partial charge on any atom is -0.497 e. The van der Waals surface area contributed by atoms with Crippen molar-refractivity contribution in [3.63, 3.8) is 0 Å². The van der Waals surface area contributed by atoms with Gasteiger partial charge in [-0.25, -0.2) is 0 Å². The summed E-state index contributed by atoms with van der Waals surface area (Å²) in [7, 11) is 4.81. The summed E-state index contributed by atoms with van der Waals surface area (Å²) in [6, 6.07) is 5.62. The summed E-state index contributed by atoms with van der Waals surface area (Å²) in [5.74, 6) is 1.19. The van der Waals surface area contributed by atoms with E-state index in [2.05, 4.69) is 5.32 Å². The number of benzene rings is 1. The van der Waals surface area contributed by atoms with Crippen LogP contribution in [0, 0.1) is 11.8 Å². The number of hydrogen-bond donors (Lipinski definition) is 1. The average molecular weight is 376 g/mol. The Kier molecular flexibility index (Phi) is 6.21. The molecule has 0 aromatic heterocycles. The molecule has 0 radical (unpaired) electrons. The van der Waals surface area contributed by atoms with E-state index in [9.17, 15) is 9.59 Å². The molecule has 2 amide bonds. The van der Waals surface area contributed by atoms with E-state index >= 15 is 0 Å². The molecule has 0 unspecified atom stereocenters. The Balaban J connectivity index is 1.84. The van der Waals surface area contributed by atoms with Gasteiger partial charge in [-0.2, -0.15) is 0 Å². The average Bonchev–Trinajstić information content (AvgIpc) is 3.45. The van der Waals surface area contributed by atoms with Gasteiger partial charge >= 0.3 is 0 Å². The summed E-state index contributed by atoms with van der Waals surface area (Å²) < 4.78 is 15.8. The quantitative estimate of drug-likeness (QED) is 0.695. The zero-order valence-corrected chi connectivity index (χ0v) is 16.2. The number of nitrogens with one attached hydrogen (secondary N) is 1. The van der Waals surface area contributed by atoms with Crippen molar-refractivity contribution in [1.82, 2.24) is 10.2 Å². The van der Waals surface area contributed by atoms with Crippen molar-refractivity contribution >= 4 is 11.8 Å². The number of carbonyl (C=O) groups is 2. The second-order valence-electron chi connectivity index (χ2n) is 7.12. The molecule has 1 aromatic rings. The molecular weight excluding hydrogens is 348 g/mol. The van der Waals surface area contributed by atoms with Crippen LogP contribution in [0.2, 0.25) is 0 Å². The van der Waals surface area contributed by atoms with Gasteiger partial charge in [-0.05, 0) is 18.9 Å². The lowest BCUT2D eigenvalue weighted by Gasteiger charge is -2.21. The molecule has 1 aromatic carbocycles. The second kappa shape index (κ2) is 8.61. The van der Waals surface area contributed by atoms with Gasteiger partial charge < -0.3 is 24.4 Å². The molecule has 1 saturated carbocycles. The van der Waals surface area contributed by atoms with E-state index in [1.54, 1.807) is 21.3 Å². The zero-order valence-electron chi connectivity index (χ0n) is 16.2. The summed E-state index contributed by atoms with van der Waals surface area (Å²) in [6.45, 7) is 1.88. The van der Waals surface area contributed by atoms with Gasteiger partial charge in [-0.3, -0.25) is 9.59 Å². The van der Waals surface area contributed by atoms with Crippen LogP contribution in [-0.4, -0.2) is 64.3 Å². The molecule has 148 valence electrons. The van der Waals surface area contributed by atoms with Crippen LogP contribution < -0.4 is 14.8 Å². The summed E-state index contributed by atoms with van der Waals surface area (Å²) in [6.07, 6.45) is 1.91. The first kappa shape index (κ1) is 19.5. The third-order valence-electron chi connectivity index (χ3n) is 5.34. The Morgan fingerprint density at radius 2 is 1.93 bits per heavy atom. The van der Waals surface area contributed by atoms with E-state index < -0.39 is 0 Å². The van der Waals surface area contributed by atoms with Crippen molar-refractivity contribution in [3.05, 3.63) is 23.8 Å². The van der Waals surface area contributed by atoms with Crippen molar-refractivity contribution < 1.29 is 23.8 Å². The van der Waals surface area contributed by atoms with Gasteiger partial charge in [0.2, 0.25) is 11.8 Å². The topological polar surface area (TPSA) is 77.1 Å². The van der Waals surface area contributed by atoms with Gasteiger partial charge in [0.1, 0.15) is 11.5 Å². The smallest absolute Gasteiger partial charge is 0.225 e. The van der Waals surface area contributed by atoms with Gasteiger partial charge in [0.15, 0.2) is 0 Å². The van der Waals surface area contributed by atoms with Crippen molar-refractivity contribution in [2.45, 2.75) is 18.8 Å². The van der Waals surface area contributed by atoms with Crippen molar-refractivity contribution in [3.8, 4) is 11.5 Å². The molecular formula is C20H28N2O5. The SMILES string of the molecule is COCCNC(=O)[C@H]1CN(C(=O)C2CC2)C[C@@H]1c1ccc(OC)cc1OC. The van der Waals surface area contributed by atoms with Crippen LogP contribution in [0.3, 0.4) is 0 Å². The fraction of sp³-hybridized carbons (Fsp3) is 0.600. The minimum absolute atomic E-state index is 0.0546. The van der Waals surface area contributed by atoms with E-state index in [1.807, 2.05) is 23.1 Å². The number of rotatable bonds is 8. The van der Waals surface area contributed by atoms with Gasteiger partial charge in [0, 0.05) is 50.2 Å². The van der Waals surface area contributed by atoms with Gasteiger partial charge in [-0.15, -0.1) is 0 Å². The first-order valence-corrected chi connectivity index (χ1v) is 9.36. The summed E-state index contributed by atoms with van der Waals surface area (Å²) >= 11 is 0. The number of methoxy groups -OCH3 is 3. The normalized spacial score (nSPS) is 21.8. The third kappa shape index (κ3) is 4.35. The summed E-state index contributed by atoms with van der Waals surface area (Å²) in [5, 5.41) is 2.92. The summed E-state index contributed by atoms with van der Waals surface area (Å²) in [5.41, 5.74) is 0.927. The molecule has 1 aliphatic carbocycles. The molecule has 1 saturated heterocycles. The van der Waals surface area contributed by atoms with Crippen LogP contribution in [0.5, 0.6) is 11.5 Å². The lowest BCUT2D eigenvalue weighted by atomic mass is 9.87. The van der Waals surface area contributed by atoms with E-state index in [1.165, 1.54) is 0 Å². The fourth-order valence-corrected chi connectivity index (χ4v) is 3.69. The Hall–Kier alpha value is -2.28. The van der Waals surface area contributed by atoms with E-state index in [4.69, 9.17) is 14.2 Å². The Morgan fingerprint density at radius 1 is 1.15 bits per heavy atom. The predicted octanol–water partition coefficient (Wildman–Crippen LogP) is 1.42. The second-order valence-corrected chi connectivity index (χ2v) is 7.12. The molecule has 1 N–H and O–H groups in total. The molecule has 7 nitrogen and oxygen atoms in total. The maximum Gasteiger partial charge on any atom is 0.225 e. The Morgan fingerprint density at radius 3 is 2.56 bits per heavy atom. The highest BCUT2D eigenvalue weighted by Gasteiger charge is 2.44. The Bertz CT molecular complexity index is 689. The highest BCUT2D eigenvalue weighted by atomic mass is 16.5. The van der Waals surface area contributed by atoms with Gasteiger partial charge in [-0.1, -0.05) is 6.07 Å². The molecule has 2 aliphatic rings. The maximum atomic E-state index is 12.8. The molecule has 3 rings (SSSR count). The molecule has 1 aliphatic heterocycles. The predicted molar refractivity (Wildman–Crippen MR) is 100.0 cm³/mol. The minimum atomic E-state index is -0.313. The monoisotopic (exact) mass is 376 g/mol. The fourth-order valence-electron chi connectivity index (χ4n) is 3.69. The van der Waals surface area contributed by atoms with Crippen molar-refractivity contribution in [2.24, 2.45) is 11.8 Å². The number of carbonyl (C=O) groups excluding carboxylic acids is 2. The van der Waals surface area contributed by atoms with Crippen LogP contribution in [-0.2, 0) is 14.3 Å². The Labute approximate surface area is 160 Å². The molecule has 0 spiro atoms. The zero-order chi connectivity index (χ0) is 19.4. The number of ether oxygens (including phenoxy) is 3. The first-order chi connectivity index (χ1) is 13.1. The molecule has 1 heterocycles. The van der Waals surface area contributed by atoms with Crippen molar-refractivity contribution in [2.75, 3.05) is 47.6 Å². The molecule has 2 fully saturated rings. The highest BCUT2D eigenvalue weighted by Crippen LogP contribution is 2.41. The maximum absolute atomic E-state index is 12.8. The highest BCUT2D eigenvalue weighted by molar-refractivity contribution is 5.85. The van der Waals surface area contributed by atoms with Crippen LogP contribution >= 0.6 is 0 Å². The van der Waals surface area contributed by atoms with E-state index in [0.717, 1.165) is 18.4 Å². The standard InChI is InChI=1S/C20H28N2O5/c1-25-9-8-21-19(23)17-12-22(20(24)13-4-5-13)11-16(17)15-7-6-14(26-2)10-18(15)27-3/h6-7,10,13,16-17H,4-5,8-9,11-12H2,1-3H3,(H,21,23)/t16-,17+/m1/s1. The third-order valence-corrected chi connectivity index (χ3v) is 5.34. The largest absolute Gasteiger partial charge is 0.497 e. The van der Waals surface area contributed by atoms with Crippen LogP contribution in [0.25, 0.3) is 0 Å². The van der Waals surface area contributed by atoms with Crippen molar-refractivity contribution in [1.29, 1.82) is 0 Å². The van der Waals surface area contributed by atoms with Gasteiger partial charge in [0.25, 0.3) is 0 Å². The lowest BCUT2D eigenvalue weighted by molar-refractivity contribution is -0.132. The van der Waals surface area contributed by atoms with Gasteiger partial charge in [0.05, 0.1) is 26.7 Å². The number of likely N-dealkylation sites (tertiary alicyclic amines) is 1. The van der Waals surface area contributed by atoms with Crippen LogP contribution in [0.15, 0.2) is 18.2 Å². The molecule has 7 heteroatoms. The molecule has 27 heavy (non-hydrogen) atoms. The molecule has 2 atom stereocenters. The lowest BCUT2D eigenvalue weighted by Crippen LogP contribution is -2.37. The van der Waals surface area contributed by atoms with E-state index in [-0.39, 0.29) is 29.6 Å². The van der Waals surface area contributed by atoms with Crippen LogP contribution in [0.1, 0.15) is 24.3 Å². The molecule has 0 bridgehead atoms.